The minimum atomic E-state index is 0.177. The molecule has 0 amide bonds. The molecule has 0 aliphatic carbocycles. The van der Waals surface area contributed by atoms with Crippen molar-refractivity contribution in [2.45, 2.75) is 33.2 Å². The van der Waals surface area contributed by atoms with E-state index in [1.807, 2.05) is 6.07 Å². The lowest BCUT2D eigenvalue weighted by atomic mass is 9.86. The van der Waals surface area contributed by atoms with E-state index in [-0.39, 0.29) is 5.41 Å². The van der Waals surface area contributed by atoms with Gasteiger partial charge in [-0.15, -0.1) is 0 Å². The van der Waals surface area contributed by atoms with Crippen LogP contribution >= 0.6 is 0 Å². The molecule has 15 heavy (non-hydrogen) atoms. The summed E-state index contributed by atoms with van der Waals surface area (Å²) in [5, 5.41) is 4.43. The first-order valence-electron chi connectivity index (χ1n) is 5.45. The minimum Gasteiger partial charge on any atom is -0.302 e. The van der Waals surface area contributed by atoms with Crippen LogP contribution in [0, 0.1) is 5.41 Å². The zero-order valence-electron chi connectivity index (χ0n) is 9.62. The summed E-state index contributed by atoms with van der Waals surface area (Å²) in [6.07, 6.45) is 1.02. The molecule has 2 nitrogen and oxygen atoms in total. The summed E-state index contributed by atoms with van der Waals surface area (Å²) in [6, 6.07) is 10.9. The normalized spacial score (nSPS) is 21.0. The van der Waals surface area contributed by atoms with Gasteiger partial charge in [0.2, 0.25) is 0 Å². The predicted octanol–water partition coefficient (Wildman–Crippen LogP) is 3.12. The highest BCUT2D eigenvalue weighted by Crippen LogP contribution is 2.29. The van der Waals surface area contributed by atoms with E-state index in [1.165, 1.54) is 11.3 Å². The smallest absolute Gasteiger partial charge is 0.0742 e. The first-order valence-corrected chi connectivity index (χ1v) is 5.45. The van der Waals surface area contributed by atoms with Gasteiger partial charge in [-0.05, 0) is 5.56 Å². The molecule has 0 radical (unpaired) electrons. The lowest BCUT2D eigenvalue weighted by Crippen LogP contribution is -2.18. The van der Waals surface area contributed by atoms with Crippen molar-refractivity contribution in [3.63, 3.8) is 0 Å². The number of benzene rings is 1. The Morgan fingerprint density at radius 3 is 2.40 bits per heavy atom. The molecule has 1 aliphatic rings. The van der Waals surface area contributed by atoms with E-state index < -0.39 is 0 Å². The Balaban J connectivity index is 2.09. The molecule has 1 aromatic rings. The molecule has 1 atom stereocenters. The van der Waals surface area contributed by atoms with Crippen LogP contribution in [0.25, 0.3) is 0 Å². The maximum atomic E-state index is 4.43. The van der Waals surface area contributed by atoms with Crippen LogP contribution < -0.4 is 5.43 Å². The standard InChI is InChI=1S/C13H18N2/c1-13(2,3)12-9-11(14-15-12)10-7-5-4-6-8-10/h4-8,11,14H,9H2,1-3H3/t11-/m1/s1. The monoisotopic (exact) mass is 202 g/mol. The van der Waals surface area contributed by atoms with Gasteiger partial charge in [-0.1, -0.05) is 51.1 Å². The third kappa shape index (κ3) is 2.20. The van der Waals surface area contributed by atoms with Crippen molar-refractivity contribution in [2.75, 3.05) is 0 Å². The van der Waals surface area contributed by atoms with Gasteiger partial charge in [-0.3, -0.25) is 0 Å². The lowest BCUT2D eigenvalue weighted by Gasteiger charge is -2.18. The Kier molecular flexibility index (Phi) is 2.51. The Morgan fingerprint density at radius 1 is 1.20 bits per heavy atom. The Labute approximate surface area is 91.4 Å². The van der Waals surface area contributed by atoms with Crippen LogP contribution in [-0.2, 0) is 0 Å². The maximum Gasteiger partial charge on any atom is 0.0742 e. The van der Waals surface area contributed by atoms with Gasteiger partial charge in [0.25, 0.3) is 0 Å². The fourth-order valence-corrected chi connectivity index (χ4v) is 1.79. The summed E-state index contributed by atoms with van der Waals surface area (Å²) in [7, 11) is 0. The Morgan fingerprint density at radius 2 is 1.87 bits per heavy atom. The topological polar surface area (TPSA) is 24.4 Å². The van der Waals surface area contributed by atoms with E-state index >= 15 is 0 Å². The molecule has 0 saturated carbocycles. The van der Waals surface area contributed by atoms with Crippen LogP contribution in [0.3, 0.4) is 0 Å². The van der Waals surface area contributed by atoms with E-state index in [2.05, 4.69) is 55.6 Å². The van der Waals surface area contributed by atoms with Crippen molar-refractivity contribution in [3.05, 3.63) is 35.9 Å². The van der Waals surface area contributed by atoms with Crippen molar-refractivity contribution >= 4 is 5.71 Å². The summed E-state index contributed by atoms with van der Waals surface area (Å²) in [5.41, 5.74) is 5.98. The van der Waals surface area contributed by atoms with Crippen LogP contribution in [0.4, 0.5) is 0 Å². The predicted molar refractivity (Wildman–Crippen MR) is 63.8 cm³/mol. The van der Waals surface area contributed by atoms with Gasteiger partial charge in [-0.25, -0.2) is 0 Å². The molecule has 1 aromatic carbocycles. The molecular formula is C13H18N2. The summed E-state index contributed by atoms with van der Waals surface area (Å²) >= 11 is 0. The van der Waals surface area contributed by atoms with Crippen molar-refractivity contribution in [1.29, 1.82) is 0 Å². The maximum absolute atomic E-state index is 4.43. The Bertz CT molecular complexity index is 360. The van der Waals surface area contributed by atoms with Gasteiger partial charge in [0.1, 0.15) is 0 Å². The number of hydrazone groups is 1. The average Bonchev–Trinajstić information content (AvgIpc) is 2.67. The van der Waals surface area contributed by atoms with Crippen molar-refractivity contribution < 1.29 is 0 Å². The second kappa shape index (κ2) is 3.69. The highest BCUT2D eigenvalue weighted by molar-refractivity contribution is 5.90. The van der Waals surface area contributed by atoms with E-state index in [9.17, 15) is 0 Å². The van der Waals surface area contributed by atoms with Crippen LogP contribution in [0.5, 0.6) is 0 Å². The minimum absolute atomic E-state index is 0.177. The molecule has 0 bridgehead atoms. The molecule has 2 rings (SSSR count). The molecule has 80 valence electrons. The van der Waals surface area contributed by atoms with Crippen LogP contribution in [0.2, 0.25) is 0 Å². The molecular weight excluding hydrogens is 184 g/mol. The summed E-state index contributed by atoms with van der Waals surface area (Å²) in [5.74, 6) is 0. The lowest BCUT2D eigenvalue weighted by molar-refractivity contribution is 0.576. The zero-order chi connectivity index (χ0) is 10.9. The Hall–Kier alpha value is -1.31. The number of nitrogens with one attached hydrogen (secondary N) is 1. The summed E-state index contributed by atoms with van der Waals surface area (Å²) in [4.78, 5) is 0. The third-order valence-electron chi connectivity index (χ3n) is 2.82. The summed E-state index contributed by atoms with van der Waals surface area (Å²) in [6.45, 7) is 6.63. The SMILES string of the molecule is CC(C)(C)C1=NN[C@@H](c2ccccc2)C1. The fourth-order valence-electron chi connectivity index (χ4n) is 1.79. The molecule has 2 heteroatoms. The van der Waals surface area contributed by atoms with Gasteiger partial charge >= 0.3 is 0 Å². The molecule has 1 N–H and O–H groups in total. The first kappa shape index (κ1) is 10.2. The van der Waals surface area contributed by atoms with Gasteiger partial charge in [-0.2, -0.15) is 5.10 Å². The van der Waals surface area contributed by atoms with E-state index in [1.54, 1.807) is 0 Å². The number of nitrogens with zero attached hydrogens (tertiary/aromatic N) is 1. The first-order chi connectivity index (χ1) is 7.07. The largest absolute Gasteiger partial charge is 0.302 e. The van der Waals surface area contributed by atoms with Crippen LogP contribution in [-0.4, -0.2) is 5.71 Å². The molecule has 0 fully saturated rings. The molecule has 1 aliphatic heterocycles. The van der Waals surface area contributed by atoms with Crippen LogP contribution in [0.15, 0.2) is 35.4 Å². The van der Waals surface area contributed by atoms with Crippen molar-refractivity contribution in [2.24, 2.45) is 10.5 Å². The van der Waals surface area contributed by atoms with Gasteiger partial charge in [0.15, 0.2) is 0 Å². The second-order valence-electron chi connectivity index (χ2n) is 5.10. The highest BCUT2D eigenvalue weighted by Gasteiger charge is 2.27. The number of hydrogen-bond donors (Lipinski definition) is 1. The average molecular weight is 202 g/mol. The van der Waals surface area contributed by atoms with Gasteiger partial charge in [0.05, 0.1) is 6.04 Å². The molecule has 0 spiro atoms. The van der Waals surface area contributed by atoms with Crippen LogP contribution in [0.1, 0.15) is 38.8 Å². The third-order valence-corrected chi connectivity index (χ3v) is 2.82. The number of rotatable bonds is 1. The van der Waals surface area contributed by atoms with Crippen molar-refractivity contribution in [1.82, 2.24) is 5.43 Å². The van der Waals surface area contributed by atoms with E-state index in [4.69, 9.17) is 0 Å². The van der Waals surface area contributed by atoms with Gasteiger partial charge in [0, 0.05) is 17.5 Å². The zero-order valence-corrected chi connectivity index (χ0v) is 9.62. The molecule has 0 saturated heterocycles. The fraction of sp³-hybridized carbons (Fsp3) is 0.462. The van der Waals surface area contributed by atoms with Gasteiger partial charge < -0.3 is 5.43 Å². The van der Waals surface area contributed by atoms with E-state index in [0.717, 1.165) is 6.42 Å². The summed E-state index contributed by atoms with van der Waals surface area (Å²) < 4.78 is 0. The molecule has 0 unspecified atom stereocenters. The number of hydrogen-bond acceptors (Lipinski definition) is 2. The second-order valence-corrected chi connectivity index (χ2v) is 5.10. The highest BCUT2D eigenvalue weighted by atomic mass is 15.3. The van der Waals surface area contributed by atoms with Crippen molar-refractivity contribution in [3.8, 4) is 0 Å². The molecule has 0 aromatic heterocycles. The van der Waals surface area contributed by atoms with E-state index in [0.29, 0.717) is 6.04 Å². The molecule has 1 heterocycles. The quantitative estimate of drug-likeness (QED) is 0.743.